The SMILES string of the molecule is BC1CN(C)CC(CC)O1. The van der Waals surface area contributed by atoms with Crippen molar-refractivity contribution >= 4 is 7.85 Å². The second-order valence-electron chi connectivity index (χ2n) is 3.20. The van der Waals surface area contributed by atoms with Crippen molar-refractivity contribution < 1.29 is 4.74 Å². The Bertz CT molecular complexity index is 99.8. The summed E-state index contributed by atoms with van der Waals surface area (Å²) in [4.78, 5) is 2.34. The Kier molecular flexibility index (Phi) is 2.75. The second kappa shape index (κ2) is 3.40. The predicted molar refractivity (Wildman–Crippen MR) is 45.0 cm³/mol. The monoisotopic (exact) mass is 141 g/mol. The van der Waals surface area contributed by atoms with E-state index < -0.39 is 0 Å². The van der Waals surface area contributed by atoms with Gasteiger partial charge in [0.2, 0.25) is 0 Å². The number of hydrogen-bond donors (Lipinski definition) is 0. The first-order valence-electron chi connectivity index (χ1n) is 4.06. The number of morpholine rings is 1. The first kappa shape index (κ1) is 8.09. The van der Waals surface area contributed by atoms with E-state index in [1.165, 1.54) is 0 Å². The molecule has 0 bridgehead atoms. The molecule has 1 saturated heterocycles. The van der Waals surface area contributed by atoms with Gasteiger partial charge in [0.25, 0.3) is 0 Å². The molecule has 3 heteroatoms. The number of hydrogen-bond acceptors (Lipinski definition) is 2. The average molecular weight is 141 g/mol. The van der Waals surface area contributed by atoms with Crippen molar-refractivity contribution in [2.75, 3.05) is 20.1 Å². The standard InChI is InChI=1S/C7H16BNO/c1-3-6-4-9(2)5-7(8)10-6/h6-7H,3-5,8H2,1-2H3. The summed E-state index contributed by atoms with van der Waals surface area (Å²) >= 11 is 0. The molecule has 0 radical (unpaired) electrons. The van der Waals surface area contributed by atoms with Crippen LogP contribution in [0.2, 0.25) is 0 Å². The van der Waals surface area contributed by atoms with E-state index >= 15 is 0 Å². The molecule has 0 aliphatic carbocycles. The summed E-state index contributed by atoms with van der Waals surface area (Å²) in [5.41, 5.74) is 0. The summed E-state index contributed by atoms with van der Waals surface area (Å²) in [5, 5.41) is 0. The van der Waals surface area contributed by atoms with Gasteiger partial charge in [0.05, 0.1) is 6.10 Å². The van der Waals surface area contributed by atoms with Crippen LogP contribution in [0.1, 0.15) is 13.3 Å². The topological polar surface area (TPSA) is 12.5 Å². The molecule has 0 N–H and O–H groups in total. The van der Waals surface area contributed by atoms with Crippen LogP contribution in [0.3, 0.4) is 0 Å². The van der Waals surface area contributed by atoms with Gasteiger partial charge in [0.1, 0.15) is 7.85 Å². The zero-order valence-electron chi connectivity index (χ0n) is 7.13. The minimum Gasteiger partial charge on any atom is -0.381 e. The minimum absolute atomic E-state index is 0.420. The lowest BCUT2D eigenvalue weighted by atomic mass is 9.97. The van der Waals surface area contributed by atoms with Crippen LogP contribution >= 0.6 is 0 Å². The van der Waals surface area contributed by atoms with E-state index in [4.69, 9.17) is 4.74 Å². The molecule has 2 unspecified atom stereocenters. The molecular weight excluding hydrogens is 125 g/mol. The quantitative estimate of drug-likeness (QED) is 0.464. The van der Waals surface area contributed by atoms with E-state index in [9.17, 15) is 0 Å². The van der Waals surface area contributed by atoms with Crippen LogP contribution in [-0.2, 0) is 4.74 Å². The molecule has 2 atom stereocenters. The van der Waals surface area contributed by atoms with Gasteiger partial charge in [-0.2, -0.15) is 0 Å². The summed E-state index contributed by atoms with van der Waals surface area (Å²) in [6.45, 7) is 4.36. The van der Waals surface area contributed by atoms with Crippen LogP contribution in [0.25, 0.3) is 0 Å². The van der Waals surface area contributed by atoms with Gasteiger partial charge in [-0.3, -0.25) is 0 Å². The Morgan fingerprint density at radius 3 is 2.80 bits per heavy atom. The van der Waals surface area contributed by atoms with Crippen molar-refractivity contribution in [3.05, 3.63) is 0 Å². The molecule has 1 aliphatic rings. The molecule has 58 valence electrons. The Labute approximate surface area is 63.9 Å². The highest BCUT2D eigenvalue weighted by molar-refractivity contribution is 6.11. The molecule has 0 aromatic rings. The summed E-state index contributed by atoms with van der Waals surface area (Å²) in [6.07, 6.45) is 1.60. The van der Waals surface area contributed by atoms with Crippen molar-refractivity contribution in [1.82, 2.24) is 4.90 Å². The Hall–Kier alpha value is -0.0151. The Balaban J connectivity index is 2.35. The zero-order chi connectivity index (χ0) is 7.56. The van der Waals surface area contributed by atoms with Crippen LogP contribution in [0.4, 0.5) is 0 Å². The van der Waals surface area contributed by atoms with E-state index in [-0.39, 0.29) is 0 Å². The highest BCUT2D eigenvalue weighted by atomic mass is 16.5. The number of rotatable bonds is 1. The fourth-order valence-corrected chi connectivity index (χ4v) is 1.50. The smallest absolute Gasteiger partial charge is 0.140 e. The first-order chi connectivity index (χ1) is 4.72. The van der Waals surface area contributed by atoms with Gasteiger partial charge in [-0.15, -0.1) is 0 Å². The second-order valence-corrected chi connectivity index (χ2v) is 3.20. The Morgan fingerprint density at radius 2 is 2.30 bits per heavy atom. The molecule has 0 spiro atoms. The zero-order valence-corrected chi connectivity index (χ0v) is 7.13. The van der Waals surface area contributed by atoms with Crippen LogP contribution in [0.15, 0.2) is 0 Å². The lowest BCUT2D eigenvalue weighted by Gasteiger charge is -2.34. The minimum atomic E-state index is 0.420. The van der Waals surface area contributed by atoms with Gasteiger partial charge in [-0.05, 0) is 13.5 Å². The maximum Gasteiger partial charge on any atom is 0.140 e. The number of nitrogens with zero attached hydrogens (tertiary/aromatic N) is 1. The first-order valence-corrected chi connectivity index (χ1v) is 4.06. The third-order valence-electron chi connectivity index (χ3n) is 1.96. The maximum atomic E-state index is 5.66. The summed E-state index contributed by atoms with van der Waals surface area (Å²) in [7, 11) is 4.29. The van der Waals surface area contributed by atoms with Gasteiger partial charge in [0, 0.05) is 19.1 Å². The Morgan fingerprint density at radius 1 is 1.60 bits per heavy atom. The molecule has 1 aliphatic heterocycles. The molecule has 10 heavy (non-hydrogen) atoms. The fourth-order valence-electron chi connectivity index (χ4n) is 1.50. The molecule has 0 amide bonds. The average Bonchev–Trinajstić information content (AvgIpc) is 1.85. The fraction of sp³-hybridized carbons (Fsp3) is 1.00. The lowest BCUT2D eigenvalue weighted by molar-refractivity contribution is -0.0423. The molecule has 1 rings (SSSR count). The number of likely N-dealkylation sites (N-methyl/N-ethyl adjacent to an activating group) is 1. The van der Waals surface area contributed by atoms with Gasteiger partial charge >= 0.3 is 0 Å². The molecule has 0 saturated carbocycles. The predicted octanol–water partition coefficient (Wildman–Crippen LogP) is -0.314. The molecule has 0 aromatic carbocycles. The third kappa shape index (κ3) is 1.99. The van der Waals surface area contributed by atoms with Crippen molar-refractivity contribution in [1.29, 1.82) is 0 Å². The van der Waals surface area contributed by atoms with Crippen LogP contribution in [-0.4, -0.2) is 45.0 Å². The third-order valence-corrected chi connectivity index (χ3v) is 1.96. The number of ether oxygens (including phenoxy) is 1. The van der Waals surface area contributed by atoms with Gasteiger partial charge < -0.3 is 9.64 Å². The normalized spacial score (nSPS) is 36.2. The lowest BCUT2D eigenvalue weighted by Crippen LogP contribution is -2.45. The highest BCUT2D eigenvalue weighted by Gasteiger charge is 2.20. The van der Waals surface area contributed by atoms with E-state index in [0.29, 0.717) is 12.1 Å². The largest absolute Gasteiger partial charge is 0.381 e. The van der Waals surface area contributed by atoms with E-state index in [2.05, 4.69) is 26.7 Å². The molecule has 2 nitrogen and oxygen atoms in total. The van der Waals surface area contributed by atoms with Crippen molar-refractivity contribution in [3.63, 3.8) is 0 Å². The molecule has 0 aromatic heterocycles. The molecule has 1 heterocycles. The van der Waals surface area contributed by atoms with Crippen LogP contribution < -0.4 is 0 Å². The van der Waals surface area contributed by atoms with Gasteiger partial charge in [-0.25, -0.2) is 0 Å². The van der Waals surface area contributed by atoms with Gasteiger partial charge in [0.15, 0.2) is 0 Å². The van der Waals surface area contributed by atoms with E-state index in [1.54, 1.807) is 0 Å². The summed E-state index contributed by atoms with van der Waals surface area (Å²) in [6, 6.07) is 0.420. The summed E-state index contributed by atoms with van der Waals surface area (Å²) < 4.78 is 5.66. The van der Waals surface area contributed by atoms with Crippen LogP contribution in [0, 0.1) is 0 Å². The maximum absolute atomic E-state index is 5.66. The van der Waals surface area contributed by atoms with E-state index in [0.717, 1.165) is 19.5 Å². The van der Waals surface area contributed by atoms with Crippen molar-refractivity contribution in [2.24, 2.45) is 0 Å². The summed E-state index contributed by atoms with van der Waals surface area (Å²) in [5.74, 6) is 0. The highest BCUT2D eigenvalue weighted by Crippen LogP contribution is 2.09. The molecular formula is C7H16BNO. The van der Waals surface area contributed by atoms with Crippen molar-refractivity contribution in [2.45, 2.75) is 25.5 Å². The van der Waals surface area contributed by atoms with Gasteiger partial charge in [-0.1, -0.05) is 6.92 Å². The molecule has 1 fully saturated rings. The van der Waals surface area contributed by atoms with E-state index in [1.807, 2.05) is 0 Å². The van der Waals surface area contributed by atoms with Crippen LogP contribution in [0.5, 0.6) is 0 Å². The van der Waals surface area contributed by atoms with Crippen molar-refractivity contribution in [3.8, 4) is 0 Å².